The van der Waals surface area contributed by atoms with Gasteiger partial charge in [0, 0.05) is 30.0 Å². The van der Waals surface area contributed by atoms with Crippen LogP contribution in [-0.2, 0) is 11.3 Å². The van der Waals surface area contributed by atoms with Crippen LogP contribution in [0.15, 0.2) is 105 Å². The van der Waals surface area contributed by atoms with E-state index in [0.29, 0.717) is 5.57 Å². The number of nitrogens with zero attached hydrogens (tertiary/aromatic N) is 3. The Morgan fingerprint density at radius 2 is 1.43 bits per heavy atom. The highest BCUT2D eigenvalue weighted by atomic mass is 32.2. The number of aryl methyl sites for hydroxylation is 1. The number of anilines is 1. The lowest BCUT2D eigenvalue weighted by atomic mass is 9.96. The number of allylic oxidation sites excluding steroid dienone is 5. The standard InChI is InChI=1S/C49H67N5O2S2/c1-5-7-9-11-13-15-17-23-35-53-39-25-19-21-27-41(39)57-43(53)33-31-37-29-30-38(45(37)46-47(55)50-49(52(3)4)51-48(46)56)32-34-44-54(40-26-20-22-28-42(40)58-44)36-24-18-16-14-12-10-8-6-2/h19-22,25-28,31-34,49H,5-18,23-24,29-30,35-36H2,1-4H3,(H2,50,51,55,56)/p+1. The molecule has 0 radical (unpaired) electrons. The topological polar surface area (TPSA) is 71.7 Å². The Kier molecular flexibility index (Phi) is 17.0. The van der Waals surface area contributed by atoms with E-state index in [1.54, 1.807) is 0 Å². The SMILES string of the molecule is CCCCCCCCCCN1C(=CC=C2CCC(C=Cc3sc4ccccc4[n+]3CCCCCCCCCC)=C2C2=C(O)NC(N(C)C)NC2=O)Sc2ccccc21. The van der Waals surface area contributed by atoms with Crippen LogP contribution in [0.25, 0.3) is 16.3 Å². The van der Waals surface area contributed by atoms with E-state index in [9.17, 15) is 9.90 Å². The van der Waals surface area contributed by atoms with Crippen molar-refractivity contribution in [1.82, 2.24) is 15.5 Å². The van der Waals surface area contributed by atoms with Gasteiger partial charge < -0.3 is 20.6 Å². The highest BCUT2D eigenvalue weighted by Gasteiger charge is 2.34. The first-order chi connectivity index (χ1) is 28.4. The van der Waals surface area contributed by atoms with Gasteiger partial charge in [-0.15, -0.1) is 0 Å². The first-order valence-corrected chi connectivity index (χ1v) is 24.0. The fourth-order valence-corrected chi connectivity index (χ4v) is 10.6. The summed E-state index contributed by atoms with van der Waals surface area (Å²) in [6.07, 6.45) is 30.7. The third kappa shape index (κ3) is 11.5. The Hall–Kier alpha value is -3.79. The molecule has 3 N–H and O–H groups in total. The highest BCUT2D eigenvalue weighted by Crippen LogP contribution is 2.46. The van der Waals surface area contributed by atoms with Crippen LogP contribution in [0.1, 0.15) is 134 Å². The second kappa shape index (κ2) is 22.5. The average molecular weight is 823 g/mol. The predicted octanol–water partition coefficient (Wildman–Crippen LogP) is 12.3. The summed E-state index contributed by atoms with van der Waals surface area (Å²) in [5.74, 6) is -0.337. The van der Waals surface area contributed by atoms with Gasteiger partial charge in [-0.3, -0.25) is 9.69 Å². The number of benzene rings is 2. The summed E-state index contributed by atoms with van der Waals surface area (Å²) in [7, 11) is 3.75. The van der Waals surface area contributed by atoms with E-state index in [1.165, 1.54) is 121 Å². The van der Waals surface area contributed by atoms with Gasteiger partial charge in [-0.2, -0.15) is 4.57 Å². The van der Waals surface area contributed by atoms with Gasteiger partial charge in [0.1, 0.15) is 10.3 Å². The molecule has 312 valence electrons. The van der Waals surface area contributed by atoms with Crippen molar-refractivity contribution in [2.45, 2.75) is 147 Å². The second-order valence-corrected chi connectivity index (χ2v) is 18.5. The first kappa shape index (κ1) is 43.8. The van der Waals surface area contributed by atoms with E-state index in [2.05, 4.69) is 107 Å². The smallest absolute Gasteiger partial charge is 0.262 e. The zero-order valence-electron chi connectivity index (χ0n) is 35.7. The van der Waals surface area contributed by atoms with E-state index in [4.69, 9.17) is 0 Å². The van der Waals surface area contributed by atoms with Gasteiger partial charge in [0.05, 0.1) is 10.7 Å². The molecule has 3 aliphatic rings. The van der Waals surface area contributed by atoms with Gasteiger partial charge in [0.2, 0.25) is 11.4 Å². The number of unbranched alkanes of at least 4 members (excludes halogenated alkanes) is 14. The summed E-state index contributed by atoms with van der Waals surface area (Å²) in [4.78, 5) is 19.5. The molecule has 0 saturated carbocycles. The van der Waals surface area contributed by atoms with Crippen LogP contribution < -0.4 is 20.1 Å². The summed E-state index contributed by atoms with van der Waals surface area (Å²) < 4.78 is 3.76. The number of carbonyl (C=O) groups is 1. The third-order valence-electron chi connectivity index (χ3n) is 11.7. The molecule has 0 fully saturated rings. The van der Waals surface area contributed by atoms with Crippen molar-refractivity contribution in [3.63, 3.8) is 0 Å². The molecule has 0 spiro atoms. The molecule has 2 aromatic carbocycles. The van der Waals surface area contributed by atoms with Crippen LogP contribution in [0.4, 0.5) is 5.69 Å². The minimum Gasteiger partial charge on any atom is -0.494 e. The van der Waals surface area contributed by atoms with E-state index >= 15 is 0 Å². The molecule has 2 aliphatic heterocycles. The van der Waals surface area contributed by atoms with Crippen LogP contribution in [0.5, 0.6) is 0 Å². The number of hydrogen-bond acceptors (Lipinski definition) is 7. The summed E-state index contributed by atoms with van der Waals surface area (Å²) in [6.45, 7) is 6.53. The minimum atomic E-state index is -0.487. The zero-order valence-corrected chi connectivity index (χ0v) is 37.3. The van der Waals surface area contributed by atoms with Gasteiger partial charge in [-0.25, -0.2) is 0 Å². The molecule has 1 atom stereocenters. The summed E-state index contributed by atoms with van der Waals surface area (Å²) in [5.41, 5.74) is 5.85. The molecule has 0 saturated heterocycles. The van der Waals surface area contributed by atoms with Crippen molar-refractivity contribution >= 4 is 51.0 Å². The molecule has 1 aromatic heterocycles. The Labute approximate surface area is 357 Å². The fraction of sp³-hybridized carbons (Fsp3) is 0.510. The number of para-hydroxylation sites is 2. The number of hydrogen-bond donors (Lipinski definition) is 3. The van der Waals surface area contributed by atoms with Crippen LogP contribution in [0.2, 0.25) is 0 Å². The molecule has 6 rings (SSSR count). The summed E-state index contributed by atoms with van der Waals surface area (Å²) >= 11 is 3.65. The number of aliphatic hydroxyl groups excluding tert-OH is 1. The van der Waals surface area contributed by atoms with E-state index in [-0.39, 0.29) is 11.8 Å². The number of thioether (sulfide) groups is 1. The second-order valence-electron chi connectivity index (χ2n) is 16.4. The number of carbonyl (C=O) groups excluding carboxylic acids is 1. The lowest BCUT2D eigenvalue weighted by molar-refractivity contribution is -0.669. The molecule has 7 nitrogen and oxygen atoms in total. The number of amides is 1. The van der Waals surface area contributed by atoms with Gasteiger partial charge in [0.25, 0.3) is 10.9 Å². The van der Waals surface area contributed by atoms with Crippen molar-refractivity contribution in [2.75, 3.05) is 25.5 Å². The van der Waals surface area contributed by atoms with Crippen molar-refractivity contribution in [1.29, 1.82) is 0 Å². The molecule has 9 heteroatoms. The van der Waals surface area contributed by atoms with Gasteiger partial charge in [-0.05, 0) is 80.8 Å². The number of thiazole rings is 1. The maximum absolute atomic E-state index is 13.9. The first-order valence-electron chi connectivity index (χ1n) is 22.3. The number of rotatable bonds is 23. The molecule has 0 bridgehead atoms. The number of fused-ring (bicyclic) bond motifs is 2. The monoisotopic (exact) mass is 822 g/mol. The molecule has 3 aromatic rings. The van der Waals surface area contributed by atoms with Crippen molar-refractivity contribution in [3.05, 3.63) is 105 Å². The lowest BCUT2D eigenvalue weighted by Crippen LogP contribution is -2.57. The predicted molar refractivity (Wildman–Crippen MR) is 247 cm³/mol. The van der Waals surface area contributed by atoms with Crippen LogP contribution >= 0.6 is 23.1 Å². The molecular weight excluding hydrogens is 755 g/mol. The molecular formula is C49H68N5O2S2+. The Balaban J connectivity index is 1.27. The molecule has 1 aliphatic carbocycles. The van der Waals surface area contributed by atoms with Crippen LogP contribution in [0, 0.1) is 0 Å². The Morgan fingerprint density at radius 3 is 2.14 bits per heavy atom. The highest BCUT2D eigenvalue weighted by molar-refractivity contribution is 8.03. The van der Waals surface area contributed by atoms with E-state index < -0.39 is 6.29 Å². The number of aliphatic hydroxyl groups is 1. The fourth-order valence-electron chi connectivity index (χ4n) is 8.38. The molecule has 58 heavy (non-hydrogen) atoms. The maximum Gasteiger partial charge on any atom is 0.262 e. The number of nitrogens with one attached hydrogen (secondary N) is 2. The van der Waals surface area contributed by atoms with Crippen molar-refractivity contribution < 1.29 is 14.5 Å². The van der Waals surface area contributed by atoms with Gasteiger partial charge in [0.15, 0.2) is 12.8 Å². The average Bonchev–Trinajstić information content (AvgIpc) is 3.90. The van der Waals surface area contributed by atoms with E-state index in [0.717, 1.165) is 55.5 Å². The molecule has 3 heterocycles. The molecule has 1 unspecified atom stereocenters. The van der Waals surface area contributed by atoms with Crippen LogP contribution in [0.3, 0.4) is 0 Å². The van der Waals surface area contributed by atoms with Crippen molar-refractivity contribution in [3.8, 4) is 0 Å². The summed E-state index contributed by atoms with van der Waals surface area (Å²) in [5, 5.41) is 20.1. The lowest BCUT2D eigenvalue weighted by Gasteiger charge is -2.32. The largest absolute Gasteiger partial charge is 0.494 e. The van der Waals surface area contributed by atoms with Gasteiger partial charge >= 0.3 is 0 Å². The Bertz CT molecular complexity index is 1990. The van der Waals surface area contributed by atoms with Gasteiger partial charge in [-0.1, -0.05) is 157 Å². The zero-order chi connectivity index (χ0) is 40.7. The summed E-state index contributed by atoms with van der Waals surface area (Å²) in [6, 6.07) is 17.4. The normalized spacial score (nSPS) is 18.5. The quantitative estimate of drug-likeness (QED) is 0.0654. The number of aromatic nitrogens is 1. The molecule has 1 amide bonds. The maximum atomic E-state index is 13.9. The van der Waals surface area contributed by atoms with Crippen LogP contribution in [-0.4, -0.2) is 42.8 Å². The van der Waals surface area contributed by atoms with E-state index in [1.807, 2.05) is 42.1 Å². The third-order valence-corrected chi connectivity index (χ3v) is 13.9. The Morgan fingerprint density at radius 1 is 0.776 bits per heavy atom. The van der Waals surface area contributed by atoms with Crippen molar-refractivity contribution in [2.24, 2.45) is 0 Å². The minimum absolute atomic E-state index is 0.0746.